The second-order valence-electron chi connectivity index (χ2n) is 7.50. The number of thiazole rings is 2. The molecular formula is C22H20N4O2S2. The molecule has 0 bridgehead atoms. The summed E-state index contributed by atoms with van der Waals surface area (Å²) in [6, 6.07) is 15.7. The molecule has 30 heavy (non-hydrogen) atoms. The van der Waals surface area contributed by atoms with E-state index < -0.39 is 0 Å². The molecule has 1 aliphatic rings. The largest absolute Gasteiger partial charge is 0.302 e. The third kappa shape index (κ3) is 3.93. The molecule has 2 N–H and O–H groups in total. The Balaban J connectivity index is 1.16. The first-order valence-electron chi connectivity index (χ1n) is 9.98. The first-order valence-corrected chi connectivity index (χ1v) is 11.6. The lowest BCUT2D eigenvalue weighted by Crippen LogP contribution is -2.31. The molecule has 6 nitrogen and oxygen atoms in total. The topological polar surface area (TPSA) is 84.0 Å². The van der Waals surface area contributed by atoms with Crippen LogP contribution in [0.15, 0.2) is 48.5 Å². The zero-order valence-corrected chi connectivity index (χ0v) is 17.8. The summed E-state index contributed by atoms with van der Waals surface area (Å²) in [5.41, 5.74) is 1.79. The Morgan fingerprint density at radius 3 is 1.50 bits per heavy atom. The van der Waals surface area contributed by atoms with Crippen LogP contribution in [0.2, 0.25) is 0 Å². The highest BCUT2D eigenvalue weighted by molar-refractivity contribution is 7.22. The maximum absolute atomic E-state index is 12.7. The number of hydrogen-bond donors (Lipinski definition) is 2. The molecule has 0 saturated heterocycles. The SMILES string of the molecule is O=C(Nc1nc2ccccc2s1)C1CCC(C(=O)Nc2nc3ccccc3s2)CC1. The van der Waals surface area contributed by atoms with Crippen LogP contribution in [0, 0.1) is 11.8 Å². The van der Waals surface area contributed by atoms with Crippen molar-refractivity contribution in [3.05, 3.63) is 48.5 Å². The predicted molar refractivity (Wildman–Crippen MR) is 122 cm³/mol. The van der Waals surface area contributed by atoms with E-state index in [1.54, 1.807) is 0 Å². The minimum absolute atomic E-state index is 0.000845. The van der Waals surface area contributed by atoms with Gasteiger partial charge in [-0.1, -0.05) is 46.9 Å². The Morgan fingerprint density at radius 1 is 0.700 bits per heavy atom. The average molecular weight is 437 g/mol. The molecule has 2 amide bonds. The van der Waals surface area contributed by atoms with Crippen LogP contribution in [0.1, 0.15) is 25.7 Å². The van der Waals surface area contributed by atoms with Gasteiger partial charge >= 0.3 is 0 Å². The Bertz CT molecular complexity index is 1060. The summed E-state index contributed by atoms with van der Waals surface area (Å²) in [7, 11) is 0. The van der Waals surface area contributed by atoms with E-state index in [0.29, 0.717) is 35.9 Å². The zero-order chi connectivity index (χ0) is 20.5. The maximum Gasteiger partial charge on any atom is 0.229 e. The third-order valence-electron chi connectivity index (χ3n) is 5.52. The fraction of sp³-hybridized carbons (Fsp3) is 0.273. The molecule has 152 valence electrons. The maximum atomic E-state index is 12.7. The molecule has 2 aromatic heterocycles. The average Bonchev–Trinajstić information content (AvgIpc) is 3.36. The van der Waals surface area contributed by atoms with E-state index in [0.717, 1.165) is 20.4 Å². The number of rotatable bonds is 4. The third-order valence-corrected chi connectivity index (χ3v) is 7.42. The van der Waals surface area contributed by atoms with Gasteiger partial charge in [-0.3, -0.25) is 9.59 Å². The minimum Gasteiger partial charge on any atom is -0.302 e. The molecule has 0 radical (unpaired) electrons. The molecule has 4 aromatic rings. The lowest BCUT2D eigenvalue weighted by atomic mass is 9.81. The van der Waals surface area contributed by atoms with Crippen molar-refractivity contribution in [2.75, 3.05) is 10.6 Å². The molecule has 2 heterocycles. The molecule has 5 rings (SSSR count). The van der Waals surface area contributed by atoms with Crippen molar-refractivity contribution < 1.29 is 9.59 Å². The van der Waals surface area contributed by atoms with Gasteiger partial charge in [-0.15, -0.1) is 0 Å². The number of carbonyl (C=O) groups excluding carboxylic acids is 2. The van der Waals surface area contributed by atoms with Crippen LogP contribution in [0.4, 0.5) is 10.3 Å². The monoisotopic (exact) mass is 436 g/mol. The van der Waals surface area contributed by atoms with Crippen molar-refractivity contribution in [3.8, 4) is 0 Å². The number of fused-ring (bicyclic) bond motifs is 2. The van der Waals surface area contributed by atoms with Crippen molar-refractivity contribution >= 4 is 65.2 Å². The Morgan fingerprint density at radius 2 is 1.10 bits per heavy atom. The molecule has 0 unspecified atom stereocenters. The zero-order valence-electron chi connectivity index (χ0n) is 16.1. The molecule has 0 spiro atoms. The van der Waals surface area contributed by atoms with E-state index in [9.17, 15) is 9.59 Å². The van der Waals surface area contributed by atoms with Crippen molar-refractivity contribution in [1.82, 2.24) is 9.97 Å². The fourth-order valence-electron chi connectivity index (χ4n) is 3.88. The molecule has 1 fully saturated rings. The number of para-hydroxylation sites is 2. The highest BCUT2D eigenvalue weighted by Crippen LogP contribution is 2.33. The minimum atomic E-state index is -0.0801. The smallest absolute Gasteiger partial charge is 0.229 e. The normalized spacial score (nSPS) is 19.1. The van der Waals surface area contributed by atoms with Crippen molar-refractivity contribution in [1.29, 1.82) is 0 Å². The Labute approximate surface area is 181 Å². The number of anilines is 2. The van der Waals surface area contributed by atoms with Crippen LogP contribution in [0.25, 0.3) is 20.4 Å². The molecule has 2 aromatic carbocycles. The van der Waals surface area contributed by atoms with Gasteiger partial charge in [-0.05, 0) is 49.9 Å². The summed E-state index contributed by atoms with van der Waals surface area (Å²) in [4.78, 5) is 34.3. The van der Waals surface area contributed by atoms with Gasteiger partial charge in [0.25, 0.3) is 0 Å². The first kappa shape index (κ1) is 19.1. The van der Waals surface area contributed by atoms with Gasteiger partial charge in [0.2, 0.25) is 11.8 Å². The molecule has 0 atom stereocenters. The summed E-state index contributed by atoms with van der Waals surface area (Å²) in [6.07, 6.45) is 2.81. The van der Waals surface area contributed by atoms with Gasteiger partial charge in [0.1, 0.15) is 0 Å². The van der Waals surface area contributed by atoms with E-state index in [1.165, 1.54) is 22.7 Å². The number of nitrogens with zero attached hydrogens (tertiary/aromatic N) is 2. The predicted octanol–water partition coefficient (Wildman–Crippen LogP) is 5.29. The summed E-state index contributed by atoms with van der Waals surface area (Å²) in [6.45, 7) is 0. The molecule has 1 aliphatic carbocycles. The van der Waals surface area contributed by atoms with Gasteiger partial charge in [0.05, 0.1) is 20.4 Å². The van der Waals surface area contributed by atoms with E-state index in [4.69, 9.17) is 0 Å². The summed E-state index contributed by atoms with van der Waals surface area (Å²) >= 11 is 2.97. The van der Waals surface area contributed by atoms with E-state index in [2.05, 4.69) is 20.6 Å². The summed E-state index contributed by atoms with van der Waals surface area (Å²) < 4.78 is 2.12. The van der Waals surface area contributed by atoms with Crippen molar-refractivity contribution in [3.63, 3.8) is 0 Å². The number of hydrogen-bond acceptors (Lipinski definition) is 6. The van der Waals surface area contributed by atoms with Crippen LogP contribution >= 0.6 is 22.7 Å². The van der Waals surface area contributed by atoms with Crippen LogP contribution in [-0.2, 0) is 9.59 Å². The second-order valence-corrected chi connectivity index (χ2v) is 9.56. The van der Waals surface area contributed by atoms with E-state index in [-0.39, 0.29) is 23.7 Å². The van der Waals surface area contributed by atoms with Gasteiger partial charge < -0.3 is 10.6 Å². The van der Waals surface area contributed by atoms with Crippen LogP contribution in [0.5, 0.6) is 0 Å². The van der Waals surface area contributed by atoms with Gasteiger partial charge in [-0.2, -0.15) is 0 Å². The number of aromatic nitrogens is 2. The van der Waals surface area contributed by atoms with Gasteiger partial charge in [-0.25, -0.2) is 9.97 Å². The highest BCUT2D eigenvalue weighted by Gasteiger charge is 2.30. The number of amides is 2. The quantitative estimate of drug-likeness (QED) is 0.455. The van der Waals surface area contributed by atoms with Gasteiger partial charge in [0.15, 0.2) is 10.3 Å². The van der Waals surface area contributed by atoms with E-state index in [1.807, 2.05) is 48.5 Å². The second kappa shape index (κ2) is 8.12. The van der Waals surface area contributed by atoms with Crippen LogP contribution in [0.3, 0.4) is 0 Å². The van der Waals surface area contributed by atoms with Crippen molar-refractivity contribution in [2.45, 2.75) is 25.7 Å². The fourth-order valence-corrected chi connectivity index (χ4v) is 5.62. The lowest BCUT2D eigenvalue weighted by Gasteiger charge is -2.26. The molecular weight excluding hydrogens is 416 g/mol. The summed E-state index contributed by atoms with van der Waals surface area (Å²) in [5.74, 6) is -0.162. The van der Waals surface area contributed by atoms with Crippen LogP contribution < -0.4 is 10.6 Å². The van der Waals surface area contributed by atoms with E-state index >= 15 is 0 Å². The number of benzene rings is 2. The lowest BCUT2D eigenvalue weighted by molar-refractivity contribution is -0.125. The summed E-state index contributed by atoms with van der Waals surface area (Å²) in [5, 5.41) is 7.19. The number of nitrogens with one attached hydrogen (secondary N) is 2. The Hall–Kier alpha value is -2.84. The number of carbonyl (C=O) groups is 2. The van der Waals surface area contributed by atoms with Crippen molar-refractivity contribution in [2.24, 2.45) is 11.8 Å². The van der Waals surface area contributed by atoms with Crippen LogP contribution in [-0.4, -0.2) is 21.8 Å². The Kier molecular flexibility index (Phi) is 5.18. The molecule has 0 aliphatic heterocycles. The first-order chi connectivity index (χ1) is 14.7. The molecule has 1 saturated carbocycles. The molecule has 8 heteroatoms. The standard InChI is InChI=1S/C22H20N4O2S2/c27-19(25-21-23-15-5-1-3-7-17(15)29-21)13-9-11-14(12-10-13)20(28)26-22-24-16-6-2-4-8-18(16)30-22/h1-8,13-14H,9-12H2,(H,23,25,27)(H,24,26,28). The highest BCUT2D eigenvalue weighted by atomic mass is 32.1. The van der Waals surface area contributed by atoms with Gasteiger partial charge in [0, 0.05) is 11.8 Å².